The SMILES string of the molecule is CC(=O)N1N=C(c2ccccc2)O[C@]12C[C@H](c1ccccc1)S(=O)c1ccccc12. The van der Waals surface area contributed by atoms with Crippen molar-refractivity contribution in [2.75, 3.05) is 0 Å². The summed E-state index contributed by atoms with van der Waals surface area (Å²) in [5.41, 5.74) is 1.33. The molecule has 1 spiro atoms. The Morgan fingerprint density at radius 3 is 2.33 bits per heavy atom. The average molecular weight is 417 g/mol. The van der Waals surface area contributed by atoms with Crippen LogP contribution in [0, 0.1) is 0 Å². The molecule has 6 heteroatoms. The molecule has 150 valence electrons. The lowest BCUT2D eigenvalue weighted by molar-refractivity contribution is -0.151. The topological polar surface area (TPSA) is 59.0 Å². The first-order valence-electron chi connectivity index (χ1n) is 9.79. The number of carbonyl (C=O) groups is 1. The van der Waals surface area contributed by atoms with Gasteiger partial charge in [-0.05, 0) is 23.8 Å². The van der Waals surface area contributed by atoms with Crippen LogP contribution >= 0.6 is 0 Å². The maximum absolute atomic E-state index is 13.5. The minimum absolute atomic E-state index is 0.227. The van der Waals surface area contributed by atoms with Crippen molar-refractivity contribution in [2.45, 2.75) is 29.2 Å². The second-order valence-corrected chi connectivity index (χ2v) is 8.99. The molecule has 0 aromatic heterocycles. The third kappa shape index (κ3) is 2.87. The lowest BCUT2D eigenvalue weighted by atomic mass is 9.93. The highest BCUT2D eigenvalue weighted by Gasteiger charge is 2.55. The first kappa shape index (κ1) is 18.8. The van der Waals surface area contributed by atoms with E-state index in [0.29, 0.717) is 17.2 Å². The van der Waals surface area contributed by atoms with E-state index >= 15 is 0 Å². The highest BCUT2D eigenvalue weighted by molar-refractivity contribution is 7.85. The Bertz CT molecular complexity index is 1160. The van der Waals surface area contributed by atoms with Crippen molar-refractivity contribution in [3.05, 3.63) is 102 Å². The first-order chi connectivity index (χ1) is 14.6. The van der Waals surface area contributed by atoms with Gasteiger partial charge in [0.05, 0.1) is 16.0 Å². The van der Waals surface area contributed by atoms with Gasteiger partial charge in [-0.15, -0.1) is 5.10 Å². The first-order valence-corrected chi connectivity index (χ1v) is 11.0. The van der Waals surface area contributed by atoms with E-state index in [1.54, 1.807) is 0 Å². The number of hydrogen-bond acceptors (Lipinski definition) is 4. The molecule has 0 saturated heterocycles. The molecule has 1 unspecified atom stereocenters. The Morgan fingerprint density at radius 1 is 1.00 bits per heavy atom. The average Bonchev–Trinajstić information content (AvgIpc) is 3.18. The molecule has 30 heavy (non-hydrogen) atoms. The number of hydrazone groups is 1. The van der Waals surface area contributed by atoms with Crippen LogP contribution in [0.3, 0.4) is 0 Å². The number of ether oxygens (including phenoxy) is 1. The summed E-state index contributed by atoms with van der Waals surface area (Å²) in [6, 6.07) is 26.7. The Hall–Kier alpha value is -3.25. The molecule has 1 amide bonds. The molecule has 2 aliphatic heterocycles. The van der Waals surface area contributed by atoms with Crippen LogP contribution in [0.1, 0.15) is 35.3 Å². The largest absolute Gasteiger partial charge is 0.443 e. The van der Waals surface area contributed by atoms with E-state index < -0.39 is 16.5 Å². The smallest absolute Gasteiger partial charge is 0.243 e. The van der Waals surface area contributed by atoms with Gasteiger partial charge in [0.25, 0.3) is 0 Å². The van der Waals surface area contributed by atoms with E-state index in [4.69, 9.17) is 4.74 Å². The van der Waals surface area contributed by atoms with Crippen molar-refractivity contribution in [1.82, 2.24) is 5.01 Å². The van der Waals surface area contributed by atoms with Gasteiger partial charge in [0.1, 0.15) is 0 Å². The van der Waals surface area contributed by atoms with E-state index in [1.807, 2.05) is 84.9 Å². The minimum Gasteiger partial charge on any atom is -0.443 e. The predicted octanol–water partition coefficient (Wildman–Crippen LogP) is 4.33. The van der Waals surface area contributed by atoms with Crippen LogP contribution in [-0.2, 0) is 26.1 Å². The van der Waals surface area contributed by atoms with Crippen molar-refractivity contribution >= 4 is 22.6 Å². The molecule has 3 aromatic carbocycles. The predicted molar refractivity (Wildman–Crippen MR) is 115 cm³/mol. The third-order valence-electron chi connectivity index (χ3n) is 5.53. The molecule has 0 aliphatic carbocycles. The van der Waals surface area contributed by atoms with E-state index in [-0.39, 0.29) is 11.2 Å². The molecule has 0 bridgehead atoms. The van der Waals surface area contributed by atoms with Crippen molar-refractivity contribution in [1.29, 1.82) is 0 Å². The lowest BCUT2D eigenvalue weighted by Gasteiger charge is -2.41. The van der Waals surface area contributed by atoms with Crippen molar-refractivity contribution < 1.29 is 13.7 Å². The molecular formula is C24H20N2O3S. The van der Waals surface area contributed by atoms with Gasteiger partial charge in [-0.25, -0.2) is 0 Å². The van der Waals surface area contributed by atoms with Crippen molar-refractivity contribution in [3.8, 4) is 0 Å². The molecule has 0 saturated carbocycles. The zero-order chi connectivity index (χ0) is 20.7. The maximum Gasteiger partial charge on any atom is 0.243 e. The number of fused-ring (bicyclic) bond motifs is 2. The zero-order valence-electron chi connectivity index (χ0n) is 16.4. The minimum atomic E-state index is -1.28. The summed E-state index contributed by atoms with van der Waals surface area (Å²) in [5.74, 6) is 0.162. The van der Waals surface area contributed by atoms with Gasteiger partial charge >= 0.3 is 0 Å². The molecule has 5 rings (SSSR count). The number of carbonyl (C=O) groups excluding carboxylic acids is 1. The third-order valence-corrected chi connectivity index (χ3v) is 7.28. The molecule has 0 radical (unpaired) electrons. The van der Waals surface area contributed by atoms with Crippen molar-refractivity contribution in [2.24, 2.45) is 5.10 Å². The number of nitrogens with zero attached hydrogens (tertiary/aromatic N) is 2. The summed E-state index contributed by atoms with van der Waals surface area (Å²) in [4.78, 5) is 13.4. The maximum atomic E-state index is 13.5. The number of benzene rings is 3. The second-order valence-electron chi connectivity index (χ2n) is 7.39. The van der Waals surface area contributed by atoms with E-state index in [9.17, 15) is 9.00 Å². The fourth-order valence-electron chi connectivity index (χ4n) is 4.18. The molecule has 5 nitrogen and oxygen atoms in total. The van der Waals surface area contributed by atoms with Gasteiger partial charge in [-0.2, -0.15) is 5.01 Å². The normalized spacial score (nSPS) is 24.8. The Labute approximate surface area is 177 Å². The number of hydrogen-bond donors (Lipinski definition) is 0. The van der Waals surface area contributed by atoms with Crippen LogP contribution in [0.15, 0.2) is 94.9 Å². The zero-order valence-corrected chi connectivity index (χ0v) is 17.2. The van der Waals surface area contributed by atoms with Crippen LogP contribution < -0.4 is 0 Å². The van der Waals surface area contributed by atoms with Gasteiger partial charge in [-0.3, -0.25) is 9.00 Å². The van der Waals surface area contributed by atoms with Gasteiger partial charge < -0.3 is 4.74 Å². The molecular weight excluding hydrogens is 396 g/mol. The fraction of sp³-hybridized carbons (Fsp3) is 0.167. The van der Waals surface area contributed by atoms with Gasteiger partial charge in [0, 0.05) is 29.4 Å². The standard InChI is InChI=1S/C24H20N2O3S/c1-17(27)26-24(29-23(25-26)19-12-6-3-7-13-19)16-22(18-10-4-2-5-11-18)30(28)21-15-9-8-14-20(21)24/h2-15,22H,16H2,1H3/t22-,24+,30?/m1/s1. The highest BCUT2D eigenvalue weighted by atomic mass is 32.2. The summed E-state index contributed by atoms with van der Waals surface area (Å²) in [6.07, 6.45) is 0.347. The fourth-order valence-corrected chi connectivity index (χ4v) is 5.92. The van der Waals surface area contributed by atoms with Gasteiger partial charge in [0.2, 0.25) is 17.5 Å². The lowest BCUT2D eigenvalue weighted by Crippen LogP contribution is -2.48. The quantitative estimate of drug-likeness (QED) is 0.625. The molecule has 0 fully saturated rings. The summed E-state index contributed by atoms with van der Waals surface area (Å²) in [5, 5.41) is 5.66. The molecule has 2 aliphatic rings. The summed E-state index contributed by atoms with van der Waals surface area (Å²) in [7, 11) is -1.28. The van der Waals surface area contributed by atoms with Crippen LogP contribution in [-0.4, -0.2) is 21.0 Å². The van der Waals surface area contributed by atoms with Crippen LogP contribution in [0.5, 0.6) is 0 Å². The van der Waals surface area contributed by atoms with E-state index in [0.717, 1.165) is 16.7 Å². The molecule has 3 atom stereocenters. The number of amides is 1. The van der Waals surface area contributed by atoms with Gasteiger partial charge in [-0.1, -0.05) is 66.7 Å². The molecule has 3 aromatic rings. The molecule has 0 N–H and O–H groups in total. The van der Waals surface area contributed by atoms with Crippen LogP contribution in [0.2, 0.25) is 0 Å². The number of rotatable bonds is 2. The van der Waals surface area contributed by atoms with Gasteiger partial charge in [0.15, 0.2) is 0 Å². The second kappa shape index (κ2) is 7.22. The summed E-state index contributed by atoms with van der Waals surface area (Å²) < 4.78 is 20.0. The van der Waals surface area contributed by atoms with Crippen LogP contribution in [0.4, 0.5) is 0 Å². The highest BCUT2D eigenvalue weighted by Crippen LogP contribution is 2.51. The summed E-state index contributed by atoms with van der Waals surface area (Å²) >= 11 is 0. The Balaban J connectivity index is 1.68. The Kier molecular flexibility index (Phi) is 4.51. The molecule has 2 heterocycles. The monoisotopic (exact) mass is 416 g/mol. The van der Waals surface area contributed by atoms with E-state index in [2.05, 4.69) is 5.10 Å². The van der Waals surface area contributed by atoms with Crippen molar-refractivity contribution in [3.63, 3.8) is 0 Å². The Morgan fingerprint density at radius 2 is 1.63 bits per heavy atom. The summed E-state index contributed by atoms with van der Waals surface area (Å²) in [6.45, 7) is 1.48. The van der Waals surface area contributed by atoms with E-state index in [1.165, 1.54) is 11.9 Å². The van der Waals surface area contributed by atoms with Crippen LogP contribution in [0.25, 0.3) is 0 Å².